The van der Waals surface area contributed by atoms with Crippen LogP contribution in [0.1, 0.15) is 37.8 Å². The number of ether oxygens (including phenoxy) is 1. The molecule has 3 heteroatoms. The third-order valence-electron chi connectivity index (χ3n) is 3.70. The SMILES string of the molecule is CC(C)NCc1cccc(CN(C)CC2CCCO2)c1. The number of nitrogens with zero attached hydrogens (tertiary/aromatic N) is 1. The highest BCUT2D eigenvalue weighted by atomic mass is 16.5. The second-order valence-electron chi connectivity index (χ2n) is 6.19. The van der Waals surface area contributed by atoms with E-state index in [1.807, 2.05) is 0 Å². The van der Waals surface area contributed by atoms with Crippen LogP contribution in [0.4, 0.5) is 0 Å². The molecule has 0 amide bonds. The Morgan fingerprint density at radius 3 is 2.85 bits per heavy atom. The van der Waals surface area contributed by atoms with Crippen molar-refractivity contribution in [3.8, 4) is 0 Å². The van der Waals surface area contributed by atoms with Gasteiger partial charge in [-0.3, -0.25) is 4.90 Å². The maximum absolute atomic E-state index is 5.70. The molecule has 1 N–H and O–H groups in total. The summed E-state index contributed by atoms with van der Waals surface area (Å²) in [4.78, 5) is 2.37. The molecule has 0 aromatic heterocycles. The van der Waals surface area contributed by atoms with Gasteiger partial charge in [0.1, 0.15) is 0 Å². The predicted molar refractivity (Wildman–Crippen MR) is 83.7 cm³/mol. The minimum absolute atomic E-state index is 0.436. The summed E-state index contributed by atoms with van der Waals surface area (Å²) in [5.74, 6) is 0. The molecule has 20 heavy (non-hydrogen) atoms. The molecule has 1 atom stereocenters. The quantitative estimate of drug-likeness (QED) is 0.829. The molecule has 1 fully saturated rings. The van der Waals surface area contributed by atoms with Crippen molar-refractivity contribution in [1.29, 1.82) is 0 Å². The van der Waals surface area contributed by atoms with Crippen molar-refractivity contribution in [1.82, 2.24) is 10.2 Å². The normalized spacial score (nSPS) is 19.1. The van der Waals surface area contributed by atoms with Crippen molar-refractivity contribution < 1.29 is 4.74 Å². The van der Waals surface area contributed by atoms with E-state index in [1.165, 1.54) is 24.0 Å². The summed E-state index contributed by atoms with van der Waals surface area (Å²) in [5, 5.41) is 3.47. The van der Waals surface area contributed by atoms with Crippen molar-refractivity contribution >= 4 is 0 Å². The van der Waals surface area contributed by atoms with E-state index in [0.717, 1.165) is 26.2 Å². The van der Waals surface area contributed by atoms with Gasteiger partial charge < -0.3 is 10.1 Å². The lowest BCUT2D eigenvalue weighted by atomic mass is 10.1. The predicted octanol–water partition coefficient (Wildman–Crippen LogP) is 2.80. The summed E-state index contributed by atoms with van der Waals surface area (Å²) in [6, 6.07) is 9.40. The van der Waals surface area contributed by atoms with E-state index in [1.54, 1.807) is 0 Å². The van der Waals surface area contributed by atoms with Gasteiger partial charge in [-0.2, -0.15) is 0 Å². The molecular weight excluding hydrogens is 248 g/mol. The van der Waals surface area contributed by atoms with Gasteiger partial charge in [0.05, 0.1) is 6.10 Å². The lowest BCUT2D eigenvalue weighted by Gasteiger charge is -2.21. The summed E-state index contributed by atoms with van der Waals surface area (Å²) in [6.45, 7) is 8.28. The fourth-order valence-corrected chi connectivity index (χ4v) is 2.67. The van der Waals surface area contributed by atoms with Gasteiger partial charge in [-0.05, 0) is 31.0 Å². The largest absolute Gasteiger partial charge is 0.377 e. The zero-order valence-corrected chi connectivity index (χ0v) is 13.1. The van der Waals surface area contributed by atoms with Crippen LogP contribution < -0.4 is 5.32 Å². The van der Waals surface area contributed by atoms with Crippen molar-refractivity contribution in [3.05, 3.63) is 35.4 Å². The van der Waals surface area contributed by atoms with E-state index in [2.05, 4.69) is 55.4 Å². The number of hydrogen-bond donors (Lipinski definition) is 1. The second-order valence-corrected chi connectivity index (χ2v) is 6.19. The van der Waals surface area contributed by atoms with E-state index >= 15 is 0 Å². The highest BCUT2D eigenvalue weighted by Crippen LogP contribution is 2.14. The average Bonchev–Trinajstić information content (AvgIpc) is 2.89. The zero-order valence-electron chi connectivity index (χ0n) is 13.1. The van der Waals surface area contributed by atoms with E-state index in [-0.39, 0.29) is 0 Å². The summed E-state index contributed by atoms with van der Waals surface area (Å²) in [7, 11) is 2.18. The Labute approximate surface area is 123 Å². The first-order valence-electron chi connectivity index (χ1n) is 7.75. The summed E-state index contributed by atoms with van der Waals surface area (Å²) >= 11 is 0. The number of benzene rings is 1. The smallest absolute Gasteiger partial charge is 0.0702 e. The molecule has 1 aliphatic heterocycles. The molecule has 2 rings (SSSR count). The standard InChI is InChI=1S/C17H28N2O/c1-14(2)18-11-15-6-4-7-16(10-15)12-19(3)13-17-8-5-9-20-17/h4,6-7,10,14,17-18H,5,8-9,11-13H2,1-3H3. The first-order valence-corrected chi connectivity index (χ1v) is 7.75. The maximum atomic E-state index is 5.70. The van der Waals surface area contributed by atoms with Crippen LogP contribution in [0.15, 0.2) is 24.3 Å². The fraction of sp³-hybridized carbons (Fsp3) is 0.647. The summed E-state index contributed by atoms with van der Waals surface area (Å²) in [6.07, 6.45) is 2.86. The van der Waals surface area contributed by atoms with Crippen LogP contribution in [0.5, 0.6) is 0 Å². The van der Waals surface area contributed by atoms with E-state index < -0.39 is 0 Å². The van der Waals surface area contributed by atoms with Crippen molar-refractivity contribution in [2.45, 2.75) is 51.9 Å². The molecule has 0 aliphatic carbocycles. The lowest BCUT2D eigenvalue weighted by Crippen LogP contribution is -2.28. The highest BCUT2D eigenvalue weighted by Gasteiger charge is 2.17. The van der Waals surface area contributed by atoms with Crippen LogP contribution in [0.2, 0.25) is 0 Å². The van der Waals surface area contributed by atoms with Crippen LogP contribution in [0.25, 0.3) is 0 Å². The lowest BCUT2D eigenvalue weighted by molar-refractivity contribution is 0.0793. The van der Waals surface area contributed by atoms with E-state index in [9.17, 15) is 0 Å². The summed E-state index contributed by atoms with van der Waals surface area (Å²) < 4.78 is 5.70. The minimum atomic E-state index is 0.436. The first kappa shape index (κ1) is 15.5. The molecule has 0 bridgehead atoms. The molecule has 1 aromatic carbocycles. The highest BCUT2D eigenvalue weighted by molar-refractivity contribution is 5.23. The minimum Gasteiger partial charge on any atom is -0.377 e. The third kappa shape index (κ3) is 5.23. The maximum Gasteiger partial charge on any atom is 0.0702 e. The Balaban J connectivity index is 1.83. The van der Waals surface area contributed by atoms with Gasteiger partial charge in [0.25, 0.3) is 0 Å². The molecule has 1 aromatic rings. The van der Waals surface area contributed by atoms with Crippen LogP contribution >= 0.6 is 0 Å². The molecule has 0 spiro atoms. The van der Waals surface area contributed by atoms with Crippen LogP contribution in [-0.2, 0) is 17.8 Å². The molecule has 0 saturated carbocycles. The van der Waals surface area contributed by atoms with E-state index in [4.69, 9.17) is 4.74 Å². The van der Waals surface area contributed by atoms with Gasteiger partial charge in [-0.15, -0.1) is 0 Å². The van der Waals surface area contributed by atoms with Gasteiger partial charge in [0.15, 0.2) is 0 Å². The van der Waals surface area contributed by atoms with Gasteiger partial charge >= 0.3 is 0 Å². The summed E-state index contributed by atoms with van der Waals surface area (Å²) in [5.41, 5.74) is 2.75. The monoisotopic (exact) mass is 276 g/mol. The first-order chi connectivity index (χ1) is 9.63. The molecule has 1 saturated heterocycles. The van der Waals surface area contributed by atoms with Crippen molar-refractivity contribution in [3.63, 3.8) is 0 Å². The van der Waals surface area contributed by atoms with Gasteiger partial charge in [-0.1, -0.05) is 38.1 Å². The van der Waals surface area contributed by atoms with Crippen molar-refractivity contribution in [2.24, 2.45) is 0 Å². The van der Waals surface area contributed by atoms with Crippen LogP contribution in [0.3, 0.4) is 0 Å². The van der Waals surface area contributed by atoms with Crippen LogP contribution in [0, 0.1) is 0 Å². The molecule has 112 valence electrons. The van der Waals surface area contributed by atoms with Crippen molar-refractivity contribution in [2.75, 3.05) is 20.2 Å². The Hall–Kier alpha value is -0.900. The molecule has 3 nitrogen and oxygen atoms in total. The second kappa shape index (κ2) is 7.77. The number of nitrogens with one attached hydrogen (secondary N) is 1. The zero-order chi connectivity index (χ0) is 14.4. The Morgan fingerprint density at radius 2 is 2.15 bits per heavy atom. The number of likely N-dealkylation sites (N-methyl/N-ethyl adjacent to an activating group) is 1. The Morgan fingerprint density at radius 1 is 1.35 bits per heavy atom. The molecule has 1 aliphatic rings. The van der Waals surface area contributed by atoms with Gasteiger partial charge in [0, 0.05) is 32.3 Å². The van der Waals surface area contributed by atoms with Gasteiger partial charge in [0.2, 0.25) is 0 Å². The topological polar surface area (TPSA) is 24.5 Å². The van der Waals surface area contributed by atoms with Crippen LogP contribution in [-0.4, -0.2) is 37.2 Å². The molecule has 1 unspecified atom stereocenters. The molecular formula is C17H28N2O. The third-order valence-corrected chi connectivity index (χ3v) is 3.70. The molecule has 0 radical (unpaired) electrons. The number of rotatable bonds is 7. The van der Waals surface area contributed by atoms with E-state index in [0.29, 0.717) is 12.1 Å². The van der Waals surface area contributed by atoms with Gasteiger partial charge in [-0.25, -0.2) is 0 Å². The fourth-order valence-electron chi connectivity index (χ4n) is 2.67. The Kier molecular flexibility index (Phi) is 6.02. The molecule has 1 heterocycles. The Bertz CT molecular complexity index is 400. The number of hydrogen-bond acceptors (Lipinski definition) is 3. The average molecular weight is 276 g/mol.